The molecular formula is C13H22N2O. The van der Waals surface area contributed by atoms with Crippen LogP contribution < -0.4 is 10.6 Å². The number of anilines is 1. The molecule has 0 fully saturated rings. The zero-order chi connectivity index (χ0) is 12.3. The van der Waals surface area contributed by atoms with E-state index in [1.807, 2.05) is 7.05 Å². The molecule has 1 rings (SSSR count). The molecule has 3 nitrogen and oxygen atoms in total. The van der Waals surface area contributed by atoms with Crippen LogP contribution in [0.4, 0.5) is 5.69 Å². The number of nitrogens with two attached hydrogens (primary N) is 1. The summed E-state index contributed by atoms with van der Waals surface area (Å²) in [5.41, 5.74) is 10.8. The van der Waals surface area contributed by atoms with E-state index in [4.69, 9.17) is 10.8 Å². The van der Waals surface area contributed by atoms with E-state index in [0.29, 0.717) is 6.54 Å². The number of likely N-dealkylation sites (N-methyl/N-ethyl adjacent to an activating group) is 1. The molecule has 0 saturated heterocycles. The lowest BCUT2D eigenvalue weighted by molar-refractivity contribution is 0.267. The van der Waals surface area contributed by atoms with Crippen LogP contribution >= 0.6 is 0 Å². The van der Waals surface area contributed by atoms with Crippen LogP contribution in [0.3, 0.4) is 0 Å². The van der Waals surface area contributed by atoms with Crippen LogP contribution in [0.1, 0.15) is 16.7 Å². The second-order valence-corrected chi connectivity index (χ2v) is 4.55. The van der Waals surface area contributed by atoms with Crippen molar-refractivity contribution in [3.8, 4) is 0 Å². The fourth-order valence-corrected chi connectivity index (χ4v) is 1.86. The molecule has 0 aliphatic rings. The van der Waals surface area contributed by atoms with Gasteiger partial charge in [0.1, 0.15) is 0 Å². The smallest absolute Gasteiger partial charge is 0.0599 e. The van der Waals surface area contributed by atoms with E-state index in [1.165, 1.54) is 22.4 Å². The molecule has 0 bridgehead atoms. The molecule has 0 saturated carbocycles. The van der Waals surface area contributed by atoms with Gasteiger partial charge in [0.05, 0.1) is 6.61 Å². The van der Waals surface area contributed by atoms with Gasteiger partial charge in [0, 0.05) is 25.3 Å². The number of rotatable bonds is 4. The molecule has 90 valence electrons. The number of hydrogen-bond acceptors (Lipinski definition) is 3. The zero-order valence-corrected chi connectivity index (χ0v) is 10.6. The summed E-state index contributed by atoms with van der Waals surface area (Å²) in [5.74, 6) is 0. The van der Waals surface area contributed by atoms with E-state index < -0.39 is 0 Å². The highest BCUT2D eigenvalue weighted by atomic mass is 16.3. The van der Waals surface area contributed by atoms with Gasteiger partial charge in [-0.25, -0.2) is 0 Å². The Morgan fingerprint density at radius 3 is 2.31 bits per heavy atom. The first-order valence-electron chi connectivity index (χ1n) is 5.61. The number of nitrogens with zero attached hydrogens (tertiary/aromatic N) is 1. The fraction of sp³-hybridized carbons (Fsp3) is 0.538. The molecule has 3 heteroatoms. The highest BCUT2D eigenvalue weighted by Crippen LogP contribution is 2.23. The Balaban J connectivity index is 2.91. The molecule has 0 heterocycles. The highest BCUT2D eigenvalue weighted by Gasteiger charge is 2.09. The summed E-state index contributed by atoms with van der Waals surface area (Å²) in [6, 6.07) is 4.17. The van der Waals surface area contributed by atoms with E-state index in [1.54, 1.807) is 0 Å². The van der Waals surface area contributed by atoms with Crippen molar-refractivity contribution in [2.75, 3.05) is 25.1 Å². The number of hydrogen-bond donors (Lipinski definition) is 2. The maximum Gasteiger partial charge on any atom is 0.0599 e. The maximum atomic E-state index is 8.95. The standard InChI is InChI=1S/C13H22N2O/c1-9-5-11(3)13(6-10(9)2)15(4)7-12(14)8-16/h5-6,12,16H,7-8,14H2,1-4H3. The van der Waals surface area contributed by atoms with Gasteiger partial charge in [-0.2, -0.15) is 0 Å². The van der Waals surface area contributed by atoms with Crippen molar-refractivity contribution >= 4 is 5.69 Å². The first-order valence-corrected chi connectivity index (χ1v) is 5.61. The molecule has 3 N–H and O–H groups in total. The Bertz CT molecular complexity index is 363. The summed E-state index contributed by atoms with van der Waals surface area (Å²) < 4.78 is 0. The van der Waals surface area contributed by atoms with Gasteiger partial charge in [0.2, 0.25) is 0 Å². The summed E-state index contributed by atoms with van der Waals surface area (Å²) in [4.78, 5) is 2.10. The SMILES string of the molecule is Cc1cc(C)c(N(C)CC(N)CO)cc1C. The van der Waals surface area contributed by atoms with Crippen molar-refractivity contribution < 1.29 is 5.11 Å². The molecular weight excluding hydrogens is 200 g/mol. The van der Waals surface area contributed by atoms with Gasteiger partial charge in [0.15, 0.2) is 0 Å². The highest BCUT2D eigenvalue weighted by molar-refractivity contribution is 5.56. The lowest BCUT2D eigenvalue weighted by Gasteiger charge is -2.25. The van der Waals surface area contributed by atoms with Crippen LogP contribution in [0.25, 0.3) is 0 Å². The summed E-state index contributed by atoms with van der Waals surface area (Å²) in [7, 11) is 2.01. The molecule has 1 unspecified atom stereocenters. The number of aliphatic hydroxyl groups is 1. The van der Waals surface area contributed by atoms with E-state index in [0.717, 1.165) is 0 Å². The largest absolute Gasteiger partial charge is 0.395 e. The molecule has 0 amide bonds. The molecule has 16 heavy (non-hydrogen) atoms. The van der Waals surface area contributed by atoms with Crippen molar-refractivity contribution in [3.05, 3.63) is 28.8 Å². The minimum atomic E-state index is -0.189. The van der Waals surface area contributed by atoms with Crippen LogP contribution in [0, 0.1) is 20.8 Å². The van der Waals surface area contributed by atoms with Crippen molar-refractivity contribution in [3.63, 3.8) is 0 Å². The van der Waals surface area contributed by atoms with Crippen LogP contribution in [0.15, 0.2) is 12.1 Å². The molecule has 1 atom stereocenters. The molecule has 1 aromatic carbocycles. The Hall–Kier alpha value is -1.06. The summed E-state index contributed by atoms with van der Waals surface area (Å²) in [5, 5.41) is 8.95. The Morgan fingerprint density at radius 1 is 1.19 bits per heavy atom. The van der Waals surface area contributed by atoms with Gasteiger partial charge in [-0.05, 0) is 43.5 Å². The van der Waals surface area contributed by atoms with Crippen LogP contribution in [-0.4, -0.2) is 31.3 Å². The third-order valence-corrected chi connectivity index (χ3v) is 2.97. The predicted octanol–water partition coefficient (Wildman–Crippen LogP) is 1.37. The third-order valence-electron chi connectivity index (χ3n) is 2.97. The van der Waals surface area contributed by atoms with Gasteiger partial charge in [-0.15, -0.1) is 0 Å². The van der Waals surface area contributed by atoms with Crippen LogP contribution in [0.2, 0.25) is 0 Å². The van der Waals surface area contributed by atoms with Crippen molar-refractivity contribution in [2.24, 2.45) is 5.73 Å². The average Bonchev–Trinajstić information content (AvgIpc) is 2.23. The Morgan fingerprint density at radius 2 is 1.75 bits per heavy atom. The zero-order valence-electron chi connectivity index (χ0n) is 10.6. The second kappa shape index (κ2) is 5.32. The normalized spacial score (nSPS) is 12.6. The minimum Gasteiger partial charge on any atom is -0.395 e. The van der Waals surface area contributed by atoms with Gasteiger partial charge >= 0.3 is 0 Å². The first kappa shape index (κ1) is 13.0. The molecule has 0 aliphatic carbocycles. The van der Waals surface area contributed by atoms with E-state index in [2.05, 4.69) is 37.8 Å². The predicted molar refractivity (Wildman–Crippen MR) is 69.0 cm³/mol. The molecule has 0 aromatic heterocycles. The van der Waals surface area contributed by atoms with Crippen molar-refractivity contribution in [2.45, 2.75) is 26.8 Å². The first-order chi connectivity index (χ1) is 7.45. The summed E-state index contributed by atoms with van der Waals surface area (Å²) in [6.45, 7) is 7.01. The number of aliphatic hydroxyl groups excluding tert-OH is 1. The molecule has 0 aliphatic heterocycles. The lowest BCUT2D eigenvalue weighted by Crippen LogP contribution is -2.38. The summed E-state index contributed by atoms with van der Waals surface area (Å²) in [6.07, 6.45) is 0. The Labute approximate surface area is 97.9 Å². The monoisotopic (exact) mass is 222 g/mol. The van der Waals surface area contributed by atoms with E-state index >= 15 is 0 Å². The van der Waals surface area contributed by atoms with Crippen LogP contribution in [-0.2, 0) is 0 Å². The quantitative estimate of drug-likeness (QED) is 0.809. The Kier molecular flexibility index (Phi) is 4.33. The van der Waals surface area contributed by atoms with E-state index in [-0.39, 0.29) is 12.6 Å². The van der Waals surface area contributed by atoms with Gasteiger partial charge in [-0.3, -0.25) is 0 Å². The fourth-order valence-electron chi connectivity index (χ4n) is 1.86. The molecule has 1 aromatic rings. The molecule has 0 spiro atoms. The maximum absolute atomic E-state index is 8.95. The molecule has 0 radical (unpaired) electrons. The lowest BCUT2D eigenvalue weighted by atomic mass is 10.0. The van der Waals surface area contributed by atoms with Gasteiger partial charge in [-0.1, -0.05) is 6.07 Å². The average molecular weight is 222 g/mol. The third kappa shape index (κ3) is 2.97. The second-order valence-electron chi connectivity index (χ2n) is 4.55. The van der Waals surface area contributed by atoms with Crippen LogP contribution in [0.5, 0.6) is 0 Å². The summed E-state index contributed by atoms with van der Waals surface area (Å²) >= 11 is 0. The van der Waals surface area contributed by atoms with E-state index in [9.17, 15) is 0 Å². The van der Waals surface area contributed by atoms with Gasteiger partial charge in [0.25, 0.3) is 0 Å². The topological polar surface area (TPSA) is 49.5 Å². The van der Waals surface area contributed by atoms with Crippen molar-refractivity contribution in [1.29, 1.82) is 0 Å². The van der Waals surface area contributed by atoms with Gasteiger partial charge < -0.3 is 15.7 Å². The van der Waals surface area contributed by atoms with Crippen molar-refractivity contribution in [1.82, 2.24) is 0 Å². The number of aryl methyl sites for hydroxylation is 3. The number of benzene rings is 1. The minimum absolute atomic E-state index is 0.0221.